The van der Waals surface area contributed by atoms with Crippen molar-refractivity contribution in [3.8, 4) is 0 Å². The van der Waals surface area contributed by atoms with Gasteiger partial charge in [0.2, 0.25) is 5.91 Å². The van der Waals surface area contributed by atoms with E-state index in [1.54, 1.807) is 0 Å². The van der Waals surface area contributed by atoms with Crippen molar-refractivity contribution in [3.05, 3.63) is 0 Å². The normalized spacial score (nSPS) is 10.4. The van der Waals surface area contributed by atoms with E-state index in [0.717, 1.165) is 13.0 Å². The summed E-state index contributed by atoms with van der Waals surface area (Å²) in [6, 6.07) is 0. The van der Waals surface area contributed by atoms with Crippen LogP contribution in [0.2, 0.25) is 0 Å². The zero-order chi connectivity index (χ0) is 10.6. The summed E-state index contributed by atoms with van der Waals surface area (Å²) in [5.74, 6) is -0.284. The van der Waals surface area contributed by atoms with E-state index in [9.17, 15) is 4.79 Å². The second-order valence-corrected chi connectivity index (χ2v) is 3.60. The van der Waals surface area contributed by atoms with E-state index in [4.69, 9.17) is 10.5 Å². The SMILES string of the molecule is CCCCCCCCOCCC(N)=O. The molecule has 0 unspecified atom stereocenters. The first-order valence-electron chi connectivity index (χ1n) is 5.63. The van der Waals surface area contributed by atoms with Crippen LogP contribution >= 0.6 is 0 Å². The van der Waals surface area contributed by atoms with Gasteiger partial charge in [0, 0.05) is 13.0 Å². The van der Waals surface area contributed by atoms with Crippen molar-refractivity contribution in [1.82, 2.24) is 0 Å². The molecule has 84 valence electrons. The summed E-state index contributed by atoms with van der Waals surface area (Å²) >= 11 is 0. The average molecular weight is 201 g/mol. The molecule has 0 heterocycles. The molecule has 0 aliphatic heterocycles. The summed E-state index contributed by atoms with van der Waals surface area (Å²) in [5.41, 5.74) is 4.97. The number of hydrogen-bond donors (Lipinski definition) is 1. The highest BCUT2D eigenvalue weighted by Crippen LogP contribution is 2.04. The quantitative estimate of drug-likeness (QED) is 0.551. The van der Waals surface area contributed by atoms with Gasteiger partial charge in [-0.15, -0.1) is 0 Å². The Labute approximate surface area is 87.0 Å². The van der Waals surface area contributed by atoms with Gasteiger partial charge in [-0.1, -0.05) is 39.0 Å². The molecule has 0 saturated carbocycles. The number of carbonyl (C=O) groups is 1. The Morgan fingerprint density at radius 1 is 1.07 bits per heavy atom. The van der Waals surface area contributed by atoms with Gasteiger partial charge in [-0.25, -0.2) is 0 Å². The Morgan fingerprint density at radius 2 is 1.71 bits per heavy atom. The molecule has 14 heavy (non-hydrogen) atoms. The number of amides is 1. The topological polar surface area (TPSA) is 52.3 Å². The minimum atomic E-state index is -0.284. The van der Waals surface area contributed by atoms with Crippen LogP contribution in [0.25, 0.3) is 0 Å². The molecule has 0 aliphatic carbocycles. The molecule has 0 rings (SSSR count). The summed E-state index contributed by atoms with van der Waals surface area (Å²) in [6.07, 6.45) is 7.93. The van der Waals surface area contributed by atoms with E-state index >= 15 is 0 Å². The lowest BCUT2D eigenvalue weighted by molar-refractivity contribution is -0.119. The number of rotatable bonds is 10. The number of nitrogens with two attached hydrogens (primary N) is 1. The molecule has 0 aliphatic rings. The van der Waals surface area contributed by atoms with Crippen molar-refractivity contribution in [3.63, 3.8) is 0 Å². The third-order valence-corrected chi connectivity index (χ3v) is 2.14. The third-order valence-electron chi connectivity index (χ3n) is 2.14. The van der Waals surface area contributed by atoms with Crippen LogP contribution < -0.4 is 5.73 Å². The Bertz CT molecular complexity index is 137. The summed E-state index contributed by atoms with van der Waals surface area (Å²) in [6.45, 7) is 3.45. The van der Waals surface area contributed by atoms with Crippen molar-refractivity contribution in [2.24, 2.45) is 5.73 Å². The number of carbonyl (C=O) groups excluding carboxylic acids is 1. The van der Waals surface area contributed by atoms with Gasteiger partial charge in [-0.05, 0) is 6.42 Å². The monoisotopic (exact) mass is 201 g/mol. The fourth-order valence-electron chi connectivity index (χ4n) is 1.26. The molecule has 0 bridgehead atoms. The molecule has 0 aromatic carbocycles. The lowest BCUT2D eigenvalue weighted by Gasteiger charge is -2.02. The standard InChI is InChI=1S/C11H23NO2/c1-2-3-4-5-6-7-9-14-10-8-11(12)13/h2-10H2,1H3,(H2,12,13). The Kier molecular flexibility index (Phi) is 10.1. The minimum absolute atomic E-state index is 0.284. The second-order valence-electron chi connectivity index (χ2n) is 3.60. The average Bonchev–Trinajstić information content (AvgIpc) is 2.15. The van der Waals surface area contributed by atoms with Crippen LogP contribution in [0.15, 0.2) is 0 Å². The Morgan fingerprint density at radius 3 is 2.36 bits per heavy atom. The molecule has 3 nitrogen and oxygen atoms in total. The largest absolute Gasteiger partial charge is 0.381 e. The van der Waals surface area contributed by atoms with Gasteiger partial charge in [0.25, 0.3) is 0 Å². The Hall–Kier alpha value is -0.570. The molecule has 0 aromatic heterocycles. The van der Waals surface area contributed by atoms with Gasteiger partial charge in [-0.2, -0.15) is 0 Å². The molecule has 0 fully saturated rings. The van der Waals surface area contributed by atoms with Crippen LogP contribution in [-0.2, 0) is 9.53 Å². The first-order chi connectivity index (χ1) is 6.77. The molecular formula is C11H23NO2. The first kappa shape index (κ1) is 13.4. The van der Waals surface area contributed by atoms with Gasteiger partial charge < -0.3 is 10.5 Å². The first-order valence-corrected chi connectivity index (χ1v) is 5.63. The van der Waals surface area contributed by atoms with Crippen molar-refractivity contribution in [1.29, 1.82) is 0 Å². The van der Waals surface area contributed by atoms with Gasteiger partial charge in [-0.3, -0.25) is 4.79 Å². The van der Waals surface area contributed by atoms with Crippen molar-refractivity contribution < 1.29 is 9.53 Å². The molecule has 1 amide bonds. The van der Waals surface area contributed by atoms with E-state index in [0.29, 0.717) is 13.0 Å². The highest BCUT2D eigenvalue weighted by molar-refractivity contribution is 5.73. The van der Waals surface area contributed by atoms with Crippen molar-refractivity contribution in [2.75, 3.05) is 13.2 Å². The van der Waals surface area contributed by atoms with Crippen LogP contribution in [0.5, 0.6) is 0 Å². The number of primary amides is 1. The zero-order valence-corrected chi connectivity index (χ0v) is 9.26. The van der Waals surface area contributed by atoms with Crippen molar-refractivity contribution >= 4 is 5.91 Å². The predicted octanol–water partition coefficient (Wildman–Crippen LogP) is 2.24. The molecular weight excluding hydrogens is 178 g/mol. The summed E-state index contributed by atoms with van der Waals surface area (Å²) < 4.78 is 5.25. The van der Waals surface area contributed by atoms with Crippen LogP contribution in [0.1, 0.15) is 51.9 Å². The summed E-state index contributed by atoms with van der Waals surface area (Å²) in [4.78, 5) is 10.3. The maximum atomic E-state index is 10.3. The second kappa shape index (κ2) is 10.5. The number of hydrogen-bond acceptors (Lipinski definition) is 2. The lowest BCUT2D eigenvalue weighted by atomic mass is 10.1. The molecule has 2 N–H and O–H groups in total. The lowest BCUT2D eigenvalue weighted by Crippen LogP contribution is -2.13. The molecule has 0 atom stereocenters. The molecule has 3 heteroatoms. The summed E-state index contributed by atoms with van der Waals surface area (Å²) in [5, 5.41) is 0. The molecule has 0 saturated heterocycles. The van der Waals surface area contributed by atoms with E-state index < -0.39 is 0 Å². The highest BCUT2D eigenvalue weighted by Gasteiger charge is 1.94. The molecule has 0 aromatic rings. The zero-order valence-electron chi connectivity index (χ0n) is 9.26. The number of ether oxygens (including phenoxy) is 1. The van der Waals surface area contributed by atoms with Crippen molar-refractivity contribution in [2.45, 2.75) is 51.9 Å². The fraction of sp³-hybridized carbons (Fsp3) is 0.909. The van der Waals surface area contributed by atoms with Gasteiger partial charge in [0.05, 0.1) is 6.61 Å². The van der Waals surface area contributed by atoms with Gasteiger partial charge >= 0.3 is 0 Å². The third kappa shape index (κ3) is 11.4. The van der Waals surface area contributed by atoms with Crippen LogP contribution in [0.4, 0.5) is 0 Å². The maximum absolute atomic E-state index is 10.3. The summed E-state index contributed by atoms with van der Waals surface area (Å²) in [7, 11) is 0. The smallest absolute Gasteiger partial charge is 0.219 e. The maximum Gasteiger partial charge on any atom is 0.219 e. The van der Waals surface area contributed by atoms with E-state index in [-0.39, 0.29) is 5.91 Å². The van der Waals surface area contributed by atoms with Gasteiger partial charge in [0.15, 0.2) is 0 Å². The van der Waals surface area contributed by atoms with Crippen LogP contribution in [0, 0.1) is 0 Å². The Balaban J connectivity index is 2.88. The highest BCUT2D eigenvalue weighted by atomic mass is 16.5. The van der Waals surface area contributed by atoms with E-state index in [1.807, 2.05) is 0 Å². The van der Waals surface area contributed by atoms with E-state index in [1.165, 1.54) is 32.1 Å². The van der Waals surface area contributed by atoms with Gasteiger partial charge in [0.1, 0.15) is 0 Å². The number of unbranched alkanes of at least 4 members (excludes halogenated alkanes) is 5. The minimum Gasteiger partial charge on any atom is -0.381 e. The van der Waals surface area contributed by atoms with E-state index in [2.05, 4.69) is 6.92 Å². The van der Waals surface area contributed by atoms with Crippen LogP contribution in [0.3, 0.4) is 0 Å². The molecule has 0 spiro atoms. The van der Waals surface area contributed by atoms with Crippen LogP contribution in [-0.4, -0.2) is 19.1 Å². The molecule has 0 radical (unpaired) electrons. The fourth-order valence-corrected chi connectivity index (χ4v) is 1.26. The predicted molar refractivity (Wildman–Crippen MR) is 58.0 cm³/mol.